The Kier molecular flexibility index (Phi) is 4.96. The Hall–Kier alpha value is -3.73. The summed E-state index contributed by atoms with van der Waals surface area (Å²) in [7, 11) is 0. The molecular weight excluding hydrogens is 366 g/mol. The number of benzene rings is 2. The largest absolute Gasteiger partial charge is 0.452 e. The quantitative estimate of drug-likeness (QED) is 0.358. The molecule has 5 nitrogen and oxygen atoms in total. The van der Waals surface area contributed by atoms with Gasteiger partial charge in [0.2, 0.25) is 5.78 Å². The number of pyridine rings is 1. The highest BCUT2D eigenvalue weighted by Gasteiger charge is 2.28. The molecule has 4 rings (SSSR count). The number of ketones is 1. The van der Waals surface area contributed by atoms with Crippen molar-refractivity contribution >= 4 is 17.8 Å². The molecule has 0 saturated heterocycles. The first kappa shape index (κ1) is 18.6. The molecule has 3 aromatic rings. The first-order valence-corrected chi connectivity index (χ1v) is 9.32. The van der Waals surface area contributed by atoms with Gasteiger partial charge in [-0.15, -0.1) is 0 Å². The lowest BCUT2D eigenvalue weighted by atomic mass is 10.0. The Morgan fingerprint density at radius 1 is 1.10 bits per heavy atom. The number of ether oxygens (including phenoxy) is 2. The van der Waals surface area contributed by atoms with Crippen molar-refractivity contribution in [1.29, 1.82) is 0 Å². The van der Waals surface area contributed by atoms with Gasteiger partial charge in [0, 0.05) is 18.5 Å². The molecule has 0 atom stereocenters. The maximum absolute atomic E-state index is 12.6. The summed E-state index contributed by atoms with van der Waals surface area (Å²) in [5.74, 6) is 0.636. The van der Waals surface area contributed by atoms with Gasteiger partial charge in [-0.1, -0.05) is 38.1 Å². The van der Waals surface area contributed by atoms with E-state index in [0.717, 1.165) is 5.56 Å². The SMILES string of the molecule is CC(C)c1ccc(/C=C2\Oc3cc(OC(=O)c4cccnc4)ccc3C2=O)cc1. The third kappa shape index (κ3) is 3.94. The Bertz CT molecular complexity index is 1100. The van der Waals surface area contributed by atoms with E-state index < -0.39 is 5.97 Å². The molecule has 29 heavy (non-hydrogen) atoms. The fourth-order valence-corrected chi connectivity index (χ4v) is 3.01. The number of carbonyl (C=O) groups excluding carboxylic acids is 2. The first-order valence-electron chi connectivity index (χ1n) is 9.32. The van der Waals surface area contributed by atoms with Gasteiger partial charge >= 0.3 is 5.97 Å². The van der Waals surface area contributed by atoms with E-state index in [9.17, 15) is 9.59 Å². The van der Waals surface area contributed by atoms with E-state index >= 15 is 0 Å². The number of aromatic nitrogens is 1. The van der Waals surface area contributed by atoms with Crippen molar-refractivity contribution in [2.75, 3.05) is 0 Å². The summed E-state index contributed by atoms with van der Waals surface area (Å²) in [6.07, 6.45) is 4.73. The second-order valence-corrected chi connectivity index (χ2v) is 7.05. The number of nitrogens with zero attached hydrogens (tertiary/aromatic N) is 1. The van der Waals surface area contributed by atoms with Gasteiger partial charge in [-0.3, -0.25) is 9.78 Å². The number of hydrogen-bond acceptors (Lipinski definition) is 5. The number of rotatable bonds is 4. The minimum absolute atomic E-state index is 0.196. The summed E-state index contributed by atoms with van der Waals surface area (Å²) >= 11 is 0. The van der Waals surface area contributed by atoms with E-state index in [1.54, 1.807) is 42.6 Å². The van der Waals surface area contributed by atoms with Crippen molar-refractivity contribution in [2.24, 2.45) is 0 Å². The number of fused-ring (bicyclic) bond motifs is 1. The summed E-state index contributed by atoms with van der Waals surface area (Å²) in [4.78, 5) is 28.7. The van der Waals surface area contributed by atoms with Gasteiger partial charge in [0.1, 0.15) is 11.5 Å². The van der Waals surface area contributed by atoms with E-state index in [1.165, 1.54) is 11.8 Å². The van der Waals surface area contributed by atoms with Gasteiger partial charge in [-0.05, 0) is 47.4 Å². The number of carbonyl (C=O) groups is 2. The molecule has 0 aliphatic carbocycles. The van der Waals surface area contributed by atoms with E-state index in [0.29, 0.717) is 28.5 Å². The van der Waals surface area contributed by atoms with Crippen LogP contribution in [0.3, 0.4) is 0 Å². The molecule has 2 aromatic carbocycles. The molecule has 2 heterocycles. The second kappa shape index (κ2) is 7.72. The lowest BCUT2D eigenvalue weighted by Gasteiger charge is -2.06. The van der Waals surface area contributed by atoms with Crippen molar-refractivity contribution in [1.82, 2.24) is 4.98 Å². The van der Waals surface area contributed by atoms with Crippen LogP contribution < -0.4 is 9.47 Å². The lowest BCUT2D eigenvalue weighted by molar-refractivity contribution is 0.0734. The highest BCUT2D eigenvalue weighted by atomic mass is 16.5. The van der Waals surface area contributed by atoms with Crippen molar-refractivity contribution in [3.63, 3.8) is 0 Å². The topological polar surface area (TPSA) is 65.5 Å². The van der Waals surface area contributed by atoms with Crippen LogP contribution in [0.2, 0.25) is 0 Å². The van der Waals surface area contributed by atoms with Crippen LogP contribution in [-0.2, 0) is 0 Å². The summed E-state index contributed by atoms with van der Waals surface area (Å²) in [5.41, 5.74) is 2.90. The average Bonchev–Trinajstić information content (AvgIpc) is 3.03. The molecule has 1 aliphatic rings. The Morgan fingerprint density at radius 2 is 1.90 bits per heavy atom. The van der Waals surface area contributed by atoms with Crippen LogP contribution in [0.15, 0.2) is 72.8 Å². The summed E-state index contributed by atoms with van der Waals surface area (Å²) < 4.78 is 11.1. The Balaban J connectivity index is 1.53. The normalized spacial score (nSPS) is 14.0. The molecule has 0 spiro atoms. The molecule has 1 aromatic heterocycles. The molecule has 0 N–H and O–H groups in total. The van der Waals surface area contributed by atoms with Crippen LogP contribution in [0.4, 0.5) is 0 Å². The van der Waals surface area contributed by atoms with Crippen LogP contribution in [0.25, 0.3) is 6.08 Å². The van der Waals surface area contributed by atoms with Gasteiger partial charge in [0.25, 0.3) is 0 Å². The van der Waals surface area contributed by atoms with Gasteiger partial charge in [0.05, 0.1) is 11.1 Å². The molecule has 5 heteroatoms. The molecule has 0 radical (unpaired) electrons. The summed E-state index contributed by atoms with van der Waals surface area (Å²) in [6, 6.07) is 16.0. The highest BCUT2D eigenvalue weighted by molar-refractivity contribution is 6.14. The van der Waals surface area contributed by atoms with Crippen LogP contribution >= 0.6 is 0 Å². The third-order valence-electron chi connectivity index (χ3n) is 4.65. The van der Waals surface area contributed by atoms with Crippen LogP contribution in [0.5, 0.6) is 11.5 Å². The van der Waals surface area contributed by atoms with E-state index in [2.05, 4.69) is 18.8 Å². The Labute approximate surface area is 168 Å². The number of esters is 1. The van der Waals surface area contributed by atoms with Crippen molar-refractivity contribution < 1.29 is 19.1 Å². The molecule has 0 bridgehead atoms. The smallest absolute Gasteiger partial charge is 0.345 e. The van der Waals surface area contributed by atoms with Gasteiger partial charge < -0.3 is 9.47 Å². The summed E-state index contributed by atoms with van der Waals surface area (Å²) in [5, 5.41) is 0. The monoisotopic (exact) mass is 385 g/mol. The molecule has 0 unspecified atom stereocenters. The molecule has 0 amide bonds. The fraction of sp³-hybridized carbons (Fsp3) is 0.125. The molecular formula is C24H19NO4. The molecule has 144 valence electrons. The summed E-state index contributed by atoms with van der Waals surface area (Å²) in [6.45, 7) is 4.26. The van der Waals surface area contributed by atoms with Crippen molar-refractivity contribution in [2.45, 2.75) is 19.8 Å². The Morgan fingerprint density at radius 3 is 2.59 bits per heavy atom. The fourth-order valence-electron chi connectivity index (χ4n) is 3.01. The molecule has 0 fully saturated rings. The standard InChI is InChI=1S/C24H19NO4/c1-15(2)17-7-5-16(6-8-17)12-22-23(26)20-10-9-19(13-21(20)29-22)28-24(27)18-4-3-11-25-14-18/h3-15H,1-2H3/b22-12-. The second-order valence-electron chi connectivity index (χ2n) is 7.05. The molecule has 0 saturated carbocycles. The maximum Gasteiger partial charge on any atom is 0.345 e. The minimum atomic E-state index is -0.525. The van der Waals surface area contributed by atoms with Crippen LogP contribution in [-0.4, -0.2) is 16.7 Å². The number of allylic oxidation sites excluding steroid dienone is 1. The number of Topliss-reactive ketones (excluding diaryl/α,β-unsaturated/α-hetero) is 1. The maximum atomic E-state index is 12.6. The molecule has 1 aliphatic heterocycles. The van der Waals surface area contributed by atoms with Crippen LogP contribution in [0.1, 0.15) is 51.6 Å². The first-order chi connectivity index (χ1) is 14.0. The van der Waals surface area contributed by atoms with Gasteiger partial charge in [0.15, 0.2) is 5.76 Å². The zero-order chi connectivity index (χ0) is 20.4. The zero-order valence-corrected chi connectivity index (χ0v) is 16.1. The van der Waals surface area contributed by atoms with Crippen molar-refractivity contribution in [3.05, 3.63) is 95.0 Å². The van der Waals surface area contributed by atoms with Gasteiger partial charge in [-0.2, -0.15) is 0 Å². The van der Waals surface area contributed by atoms with E-state index in [-0.39, 0.29) is 11.5 Å². The average molecular weight is 385 g/mol. The lowest BCUT2D eigenvalue weighted by Crippen LogP contribution is -2.08. The third-order valence-corrected chi connectivity index (χ3v) is 4.65. The van der Waals surface area contributed by atoms with Crippen molar-refractivity contribution in [3.8, 4) is 11.5 Å². The number of hydrogen-bond donors (Lipinski definition) is 0. The predicted molar refractivity (Wildman–Crippen MR) is 109 cm³/mol. The predicted octanol–water partition coefficient (Wildman–Crippen LogP) is 5.04. The van der Waals surface area contributed by atoms with E-state index in [1.807, 2.05) is 24.3 Å². The zero-order valence-electron chi connectivity index (χ0n) is 16.1. The van der Waals surface area contributed by atoms with Gasteiger partial charge in [-0.25, -0.2) is 4.79 Å². The van der Waals surface area contributed by atoms with Crippen LogP contribution in [0, 0.1) is 0 Å². The highest BCUT2D eigenvalue weighted by Crippen LogP contribution is 2.35. The minimum Gasteiger partial charge on any atom is -0.452 e. The van der Waals surface area contributed by atoms with E-state index in [4.69, 9.17) is 9.47 Å².